The quantitative estimate of drug-likeness (QED) is 0.749. The molecule has 3 N–H and O–H groups in total. The summed E-state index contributed by atoms with van der Waals surface area (Å²) < 4.78 is 0. The number of fused-ring (bicyclic) bond motifs is 1. The van der Waals surface area contributed by atoms with Crippen LogP contribution in [-0.2, 0) is 0 Å². The van der Waals surface area contributed by atoms with E-state index in [1.54, 1.807) is 0 Å². The van der Waals surface area contributed by atoms with Crippen molar-refractivity contribution in [3.05, 3.63) is 22.5 Å². The fraction of sp³-hybridized carbons (Fsp3) is 0.588. The van der Waals surface area contributed by atoms with E-state index in [0.717, 1.165) is 37.9 Å². The van der Waals surface area contributed by atoms with Crippen LogP contribution in [0.25, 0.3) is 0 Å². The highest BCUT2D eigenvalue weighted by Gasteiger charge is 2.55. The molecule has 2 aliphatic carbocycles. The summed E-state index contributed by atoms with van der Waals surface area (Å²) in [7, 11) is 0. The van der Waals surface area contributed by atoms with Gasteiger partial charge in [-0.25, -0.2) is 0 Å². The van der Waals surface area contributed by atoms with Crippen LogP contribution in [0.4, 0.5) is 0 Å². The first-order chi connectivity index (χ1) is 10.7. The van der Waals surface area contributed by atoms with Gasteiger partial charge in [0, 0.05) is 17.9 Å². The Balaban J connectivity index is 2.16. The Kier molecular flexibility index (Phi) is 3.65. The van der Waals surface area contributed by atoms with Crippen molar-refractivity contribution in [1.82, 2.24) is 0 Å². The van der Waals surface area contributed by atoms with Crippen molar-refractivity contribution in [2.45, 2.75) is 38.5 Å². The van der Waals surface area contributed by atoms with Crippen molar-refractivity contribution in [2.24, 2.45) is 17.1 Å². The van der Waals surface area contributed by atoms with Crippen LogP contribution in [0.15, 0.2) is 22.5 Å². The summed E-state index contributed by atoms with van der Waals surface area (Å²) in [6, 6.07) is 6.29. The molecule has 0 spiro atoms. The number of likely N-dealkylation sites (tertiary alicyclic amines) is 1. The Labute approximate surface area is 130 Å². The third-order valence-electron chi connectivity index (χ3n) is 5.42. The van der Waals surface area contributed by atoms with E-state index in [-0.39, 0.29) is 11.5 Å². The van der Waals surface area contributed by atoms with Gasteiger partial charge in [0.1, 0.15) is 5.70 Å². The van der Waals surface area contributed by atoms with Crippen LogP contribution in [0.5, 0.6) is 0 Å². The average molecular weight is 294 g/mol. The molecule has 0 aromatic heterocycles. The van der Waals surface area contributed by atoms with Crippen LogP contribution in [0.2, 0.25) is 0 Å². The zero-order chi connectivity index (χ0) is 15.7. The molecule has 0 amide bonds. The van der Waals surface area contributed by atoms with Gasteiger partial charge in [-0.3, -0.25) is 0 Å². The molecule has 1 atom stereocenters. The zero-order valence-electron chi connectivity index (χ0n) is 12.7. The van der Waals surface area contributed by atoms with Gasteiger partial charge in [-0.05, 0) is 32.1 Å². The topological polar surface area (TPSA) is 102 Å². The molecule has 1 heterocycles. The minimum Gasteiger partial charge on any atom is -0.397 e. The van der Waals surface area contributed by atoms with E-state index in [9.17, 15) is 15.8 Å². The summed E-state index contributed by atoms with van der Waals surface area (Å²) >= 11 is 0. The molecular weight excluding hydrogens is 274 g/mol. The summed E-state index contributed by atoms with van der Waals surface area (Å²) in [4.78, 5) is 1.44. The molecule has 3 rings (SSSR count). The van der Waals surface area contributed by atoms with E-state index in [2.05, 4.69) is 18.2 Å². The van der Waals surface area contributed by atoms with Crippen LogP contribution < -0.4 is 10.6 Å². The Hall–Kier alpha value is -2.29. The lowest BCUT2D eigenvalue weighted by Gasteiger charge is -2.33. The van der Waals surface area contributed by atoms with E-state index in [1.165, 1.54) is 29.9 Å². The Bertz CT molecular complexity index is 659. The SMILES string of the molecule is N#CC1=C(N)C2=C([NH+]3CCCCC3)CCCC2C1(C#N)C#N. The number of rotatable bonds is 1. The molecule has 0 radical (unpaired) electrons. The van der Waals surface area contributed by atoms with Gasteiger partial charge in [0.2, 0.25) is 0 Å². The number of nitrogens with zero attached hydrogens (tertiary/aromatic N) is 3. The molecular formula is C17H20N5+. The van der Waals surface area contributed by atoms with E-state index >= 15 is 0 Å². The molecule has 22 heavy (non-hydrogen) atoms. The normalized spacial score (nSPS) is 27.8. The largest absolute Gasteiger partial charge is 0.397 e. The number of nitrogens with two attached hydrogens (primary N) is 1. The van der Waals surface area contributed by atoms with E-state index < -0.39 is 5.41 Å². The molecule has 1 unspecified atom stereocenters. The zero-order valence-corrected chi connectivity index (χ0v) is 12.7. The maximum atomic E-state index is 9.63. The van der Waals surface area contributed by atoms with E-state index in [1.807, 2.05) is 0 Å². The second-order valence-electron chi connectivity index (χ2n) is 6.43. The molecule has 1 aliphatic heterocycles. The van der Waals surface area contributed by atoms with Gasteiger partial charge in [-0.15, -0.1) is 0 Å². The Morgan fingerprint density at radius 1 is 1.05 bits per heavy atom. The van der Waals surface area contributed by atoms with Gasteiger partial charge in [0.05, 0.1) is 42.6 Å². The molecule has 0 bridgehead atoms. The first-order valence-electron chi connectivity index (χ1n) is 8.01. The molecule has 1 saturated heterocycles. The second-order valence-corrected chi connectivity index (χ2v) is 6.43. The predicted octanol–water partition coefficient (Wildman–Crippen LogP) is 0.893. The summed E-state index contributed by atoms with van der Waals surface area (Å²) in [5, 5.41) is 28.7. The highest BCUT2D eigenvalue weighted by Crippen LogP contribution is 2.53. The summed E-state index contributed by atoms with van der Waals surface area (Å²) in [6.45, 7) is 2.18. The van der Waals surface area contributed by atoms with Crippen molar-refractivity contribution in [1.29, 1.82) is 15.8 Å². The van der Waals surface area contributed by atoms with Crippen molar-refractivity contribution in [3.8, 4) is 18.2 Å². The van der Waals surface area contributed by atoms with Gasteiger partial charge < -0.3 is 10.6 Å². The number of allylic oxidation sites excluding steroid dienone is 3. The monoisotopic (exact) mass is 294 g/mol. The number of quaternary nitrogens is 1. The van der Waals surface area contributed by atoms with Gasteiger partial charge in [-0.2, -0.15) is 15.8 Å². The number of piperidine rings is 1. The lowest BCUT2D eigenvalue weighted by molar-refractivity contribution is -0.868. The molecule has 5 nitrogen and oxygen atoms in total. The molecule has 1 fully saturated rings. The maximum Gasteiger partial charge on any atom is 0.187 e. The van der Waals surface area contributed by atoms with E-state index in [4.69, 9.17) is 5.73 Å². The fourth-order valence-corrected chi connectivity index (χ4v) is 4.37. The minimum absolute atomic E-state index is 0.174. The minimum atomic E-state index is -1.38. The standard InChI is InChI=1S/C17H19N5/c18-9-13-16(21)15-12(17(13,10-19)11-20)5-4-6-14(15)22-7-2-1-3-8-22/h12H,1-8,21H2/p+1. The summed E-state index contributed by atoms with van der Waals surface area (Å²) in [6.07, 6.45) is 6.36. The summed E-state index contributed by atoms with van der Waals surface area (Å²) in [5.74, 6) is -0.227. The van der Waals surface area contributed by atoms with Crippen LogP contribution in [-0.4, -0.2) is 13.1 Å². The van der Waals surface area contributed by atoms with Crippen molar-refractivity contribution < 1.29 is 4.90 Å². The number of hydrogen-bond acceptors (Lipinski definition) is 4. The maximum absolute atomic E-state index is 9.63. The predicted molar refractivity (Wildman–Crippen MR) is 79.4 cm³/mol. The molecule has 0 aromatic carbocycles. The van der Waals surface area contributed by atoms with Crippen molar-refractivity contribution >= 4 is 0 Å². The lowest BCUT2D eigenvalue weighted by atomic mass is 9.70. The lowest BCUT2D eigenvalue weighted by Crippen LogP contribution is -3.11. The van der Waals surface area contributed by atoms with Crippen LogP contribution in [0, 0.1) is 45.3 Å². The highest BCUT2D eigenvalue weighted by molar-refractivity contribution is 5.60. The average Bonchev–Trinajstić information content (AvgIpc) is 2.84. The Morgan fingerprint density at radius 2 is 1.73 bits per heavy atom. The molecule has 0 aromatic rings. The van der Waals surface area contributed by atoms with Crippen molar-refractivity contribution in [2.75, 3.05) is 13.1 Å². The van der Waals surface area contributed by atoms with Crippen LogP contribution in [0.1, 0.15) is 38.5 Å². The molecule has 5 heteroatoms. The van der Waals surface area contributed by atoms with Crippen molar-refractivity contribution in [3.63, 3.8) is 0 Å². The molecule has 112 valence electrons. The first-order valence-corrected chi connectivity index (χ1v) is 8.01. The smallest absolute Gasteiger partial charge is 0.187 e. The van der Waals surface area contributed by atoms with Gasteiger partial charge in [0.15, 0.2) is 5.41 Å². The molecule has 0 saturated carbocycles. The fourth-order valence-electron chi connectivity index (χ4n) is 4.37. The highest BCUT2D eigenvalue weighted by atomic mass is 15.1. The Morgan fingerprint density at radius 3 is 2.32 bits per heavy atom. The first kappa shape index (κ1) is 14.6. The second kappa shape index (κ2) is 5.48. The number of nitrogens with one attached hydrogen (secondary N) is 1. The third kappa shape index (κ3) is 1.85. The van der Waals surface area contributed by atoms with E-state index in [0.29, 0.717) is 5.70 Å². The van der Waals surface area contributed by atoms with Gasteiger partial charge in [-0.1, -0.05) is 0 Å². The van der Waals surface area contributed by atoms with Crippen LogP contribution >= 0.6 is 0 Å². The van der Waals surface area contributed by atoms with Crippen LogP contribution in [0.3, 0.4) is 0 Å². The summed E-state index contributed by atoms with van der Waals surface area (Å²) in [5.41, 5.74) is 7.66. The molecule has 3 aliphatic rings. The number of nitriles is 3. The van der Waals surface area contributed by atoms with Gasteiger partial charge in [0.25, 0.3) is 0 Å². The number of hydrogen-bond donors (Lipinski definition) is 2. The third-order valence-corrected chi connectivity index (χ3v) is 5.42. The van der Waals surface area contributed by atoms with Gasteiger partial charge >= 0.3 is 0 Å².